The van der Waals surface area contributed by atoms with Gasteiger partial charge in [0.05, 0.1) is 17.5 Å². The van der Waals surface area contributed by atoms with Gasteiger partial charge in [-0.15, -0.1) is 0 Å². The zero-order valence-corrected chi connectivity index (χ0v) is 23.0. The molecule has 0 amide bonds. The minimum Gasteiger partial charge on any atom is -0.493 e. The van der Waals surface area contributed by atoms with Crippen LogP contribution in [-0.2, 0) is 11.2 Å². The Balaban J connectivity index is 1.18. The van der Waals surface area contributed by atoms with Crippen LogP contribution >= 0.6 is 23.2 Å². The van der Waals surface area contributed by atoms with E-state index in [1.54, 1.807) is 48.5 Å². The minimum atomic E-state index is -0.912. The van der Waals surface area contributed by atoms with Crippen molar-refractivity contribution in [2.24, 2.45) is 0 Å². The van der Waals surface area contributed by atoms with E-state index < -0.39 is 11.9 Å². The number of ketones is 1. The Bertz CT molecular complexity index is 1530. The molecule has 0 saturated heterocycles. The SMILES string of the molecule is O=C(CCCc1ccccc1Oc1cccc(Cl)c1)c1ccc(Oc2cc3c(cc2Cl)C(C(=O)O)CCO3)cc1. The van der Waals surface area contributed by atoms with Gasteiger partial charge in [-0.05, 0) is 79.4 Å². The molecule has 0 saturated carbocycles. The summed E-state index contributed by atoms with van der Waals surface area (Å²) in [6.07, 6.45) is 2.11. The summed E-state index contributed by atoms with van der Waals surface area (Å²) in [6, 6.07) is 25.0. The first-order valence-electron chi connectivity index (χ1n) is 12.9. The topological polar surface area (TPSA) is 82.1 Å². The number of aryl methyl sites for hydroxylation is 1. The number of carbonyl (C=O) groups is 2. The van der Waals surface area contributed by atoms with Crippen LogP contribution < -0.4 is 14.2 Å². The molecule has 1 heterocycles. The van der Waals surface area contributed by atoms with Crippen molar-refractivity contribution in [2.75, 3.05) is 6.61 Å². The molecule has 204 valence electrons. The van der Waals surface area contributed by atoms with Crippen LogP contribution in [0.1, 0.15) is 46.7 Å². The van der Waals surface area contributed by atoms with Crippen molar-refractivity contribution >= 4 is 35.0 Å². The van der Waals surface area contributed by atoms with Crippen LogP contribution in [0, 0.1) is 0 Å². The molecule has 8 heteroatoms. The van der Waals surface area contributed by atoms with Gasteiger partial charge in [0.2, 0.25) is 0 Å². The maximum atomic E-state index is 12.8. The molecule has 6 nitrogen and oxygen atoms in total. The third-order valence-electron chi connectivity index (χ3n) is 6.65. The Kier molecular flexibility index (Phi) is 8.58. The van der Waals surface area contributed by atoms with Crippen molar-refractivity contribution in [3.05, 3.63) is 112 Å². The number of aliphatic carboxylic acids is 1. The molecule has 1 N–H and O–H groups in total. The van der Waals surface area contributed by atoms with Crippen LogP contribution in [0.3, 0.4) is 0 Å². The van der Waals surface area contributed by atoms with Crippen molar-refractivity contribution in [1.29, 1.82) is 0 Å². The average molecular weight is 577 g/mol. The first-order chi connectivity index (χ1) is 19.4. The van der Waals surface area contributed by atoms with Crippen LogP contribution in [0.2, 0.25) is 10.0 Å². The second-order valence-electron chi connectivity index (χ2n) is 9.42. The molecule has 1 aliphatic heterocycles. The van der Waals surface area contributed by atoms with Gasteiger partial charge in [-0.25, -0.2) is 0 Å². The fraction of sp³-hybridized carbons (Fsp3) is 0.188. The monoisotopic (exact) mass is 576 g/mol. The first-order valence-corrected chi connectivity index (χ1v) is 13.6. The van der Waals surface area contributed by atoms with E-state index in [2.05, 4.69) is 0 Å². The third kappa shape index (κ3) is 6.58. The van der Waals surface area contributed by atoms with Gasteiger partial charge in [-0.1, -0.05) is 47.5 Å². The summed E-state index contributed by atoms with van der Waals surface area (Å²) in [6.45, 7) is 0.308. The molecule has 0 bridgehead atoms. The Labute approximate surface area is 242 Å². The zero-order chi connectivity index (χ0) is 28.1. The van der Waals surface area contributed by atoms with E-state index in [9.17, 15) is 14.7 Å². The third-order valence-corrected chi connectivity index (χ3v) is 7.18. The maximum Gasteiger partial charge on any atom is 0.311 e. The van der Waals surface area contributed by atoms with Crippen LogP contribution in [-0.4, -0.2) is 23.5 Å². The summed E-state index contributed by atoms with van der Waals surface area (Å²) in [7, 11) is 0. The summed E-state index contributed by atoms with van der Waals surface area (Å²) in [5.41, 5.74) is 2.13. The van der Waals surface area contributed by atoms with Gasteiger partial charge in [0, 0.05) is 28.6 Å². The van der Waals surface area contributed by atoms with E-state index in [1.165, 1.54) is 0 Å². The van der Waals surface area contributed by atoms with Crippen molar-refractivity contribution < 1.29 is 28.9 Å². The summed E-state index contributed by atoms with van der Waals surface area (Å²) < 4.78 is 17.6. The average Bonchev–Trinajstić information content (AvgIpc) is 2.94. The number of Topliss-reactive ketones (excluding diaryl/α,β-unsaturated/α-hetero) is 1. The molecule has 0 spiro atoms. The Morgan fingerprint density at radius 2 is 1.65 bits per heavy atom. The second-order valence-corrected chi connectivity index (χ2v) is 10.3. The number of carboxylic acids is 1. The lowest BCUT2D eigenvalue weighted by Crippen LogP contribution is -2.20. The number of hydrogen-bond acceptors (Lipinski definition) is 5. The van der Waals surface area contributed by atoms with Crippen LogP contribution in [0.15, 0.2) is 84.9 Å². The van der Waals surface area contributed by atoms with Gasteiger partial charge in [0.15, 0.2) is 5.78 Å². The van der Waals surface area contributed by atoms with Gasteiger partial charge < -0.3 is 19.3 Å². The Morgan fingerprint density at radius 1 is 0.875 bits per heavy atom. The van der Waals surface area contributed by atoms with Crippen molar-refractivity contribution in [2.45, 2.75) is 31.6 Å². The maximum absolute atomic E-state index is 12.8. The predicted molar refractivity (Wildman–Crippen MR) is 154 cm³/mol. The van der Waals surface area contributed by atoms with E-state index in [1.807, 2.05) is 36.4 Å². The molecule has 0 radical (unpaired) electrons. The number of hydrogen-bond donors (Lipinski definition) is 1. The summed E-state index contributed by atoms with van der Waals surface area (Å²) in [5, 5.41) is 10.4. The highest BCUT2D eigenvalue weighted by Gasteiger charge is 2.29. The highest BCUT2D eigenvalue weighted by Crippen LogP contribution is 2.42. The number of fused-ring (bicyclic) bond motifs is 1. The highest BCUT2D eigenvalue weighted by atomic mass is 35.5. The van der Waals surface area contributed by atoms with Crippen LogP contribution in [0.5, 0.6) is 28.7 Å². The number of halogens is 2. The molecule has 0 fully saturated rings. The quantitative estimate of drug-likeness (QED) is 0.190. The van der Waals surface area contributed by atoms with E-state index >= 15 is 0 Å². The van der Waals surface area contributed by atoms with E-state index in [0.29, 0.717) is 71.4 Å². The number of ether oxygens (including phenoxy) is 3. The molecule has 1 aliphatic rings. The van der Waals surface area contributed by atoms with Gasteiger partial charge in [-0.2, -0.15) is 0 Å². The summed E-state index contributed by atoms with van der Waals surface area (Å²) >= 11 is 12.5. The summed E-state index contributed by atoms with van der Waals surface area (Å²) in [4.78, 5) is 24.4. The molecule has 4 aromatic rings. The lowest BCUT2D eigenvalue weighted by molar-refractivity contribution is -0.139. The highest BCUT2D eigenvalue weighted by molar-refractivity contribution is 6.32. The van der Waals surface area contributed by atoms with E-state index in [0.717, 1.165) is 11.3 Å². The number of carboxylic acid groups (broad SMARTS) is 1. The smallest absolute Gasteiger partial charge is 0.311 e. The first kappa shape index (κ1) is 27.6. The van der Waals surface area contributed by atoms with E-state index in [-0.39, 0.29) is 10.8 Å². The molecule has 40 heavy (non-hydrogen) atoms. The number of para-hydroxylation sites is 1. The molecule has 5 rings (SSSR count). The molecule has 0 aromatic heterocycles. The van der Waals surface area contributed by atoms with Crippen LogP contribution in [0.4, 0.5) is 0 Å². The fourth-order valence-electron chi connectivity index (χ4n) is 4.61. The fourth-order valence-corrected chi connectivity index (χ4v) is 5.00. The lowest BCUT2D eigenvalue weighted by atomic mass is 9.93. The lowest BCUT2D eigenvalue weighted by Gasteiger charge is -2.24. The van der Waals surface area contributed by atoms with Gasteiger partial charge in [0.25, 0.3) is 0 Å². The number of rotatable bonds is 10. The van der Waals surface area contributed by atoms with Gasteiger partial charge in [0.1, 0.15) is 28.7 Å². The summed E-state index contributed by atoms with van der Waals surface area (Å²) in [5.74, 6) is 1.15. The molecular formula is C32H26Cl2O6. The van der Waals surface area contributed by atoms with E-state index in [4.69, 9.17) is 37.4 Å². The molecule has 1 unspecified atom stereocenters. The molecule has 0 aliphatic carbocycles. The molecular weight excluding hydrogens is 551 g/mol. The second kappa shape index (κ2) is 12.5. The number of carbonyl (C=O) groups excluding carboxylic acids is 1. The molecule has 4 aromatic carbocycles. The van der Waals surface area contributed by atoms with Crippen LogP contribution in [0.25, 0.3) is 0 Å². The number of benzene rings is 4. The zero-order valence-electron chi connectivity index (χ0n) is 21.4. The minimum absolute atomic E-state index is 0.0275. The van der Waals surface area contributed by atoms with Crippen molar-refractivity contribution in [3.63, 3.8) is 0 Å². The molecule has 1 atom stereocenters. The largest absolute Gasteiger partial charge is 0.493 e. The van der Waals surface area contributed by atoms with Gasteiger partial charge >= 0.3 is 5.97 Å². The van der Waals surface area contributed by atoms with Gasteiger partial charge in [-0.3, -0.25) is 9.59 Å². The predicted octanol–water partition coefficient (Wildman–Crippen LogP) is 8.73. The standard InChI is InChI=1S/C32H26Cl2O6/c33-22-7-4-8-24(17-22)40-29-10-2-1-5-21(29)6-3-9-28(35)20-11-13-23(14-12-20)39-31-19-30-26(18-27(31)34)25(32(36)37)15-16-38-30/h1-2,4-5,7-8,10-14,17-19,25H,3,6,9,15-16H2,(H,36,37). The normalized spacial score (nSPS) is 14.1. The Hall–Kier alpha value is -4.00. The Morgan fingerprint density at radius 3 is 2.42 bits per heavy atom. The van der Waals surface area contributed by atoms with Crippen molar-refractivity contribution in [1.82, 2.24) is 0 Å². The van der Waals surface area contributed by atoms with Crippen molar-refractivity contribution in [3.8, 4) is 28.7 Å².